The molecule has 7 heteroatoms. The van der Waals surface area contributed by atoms with Gasteiger partial charge in [0.15, 0.2) is 0 Å². The molecule has 1 aliphatic rings. The molecule has 0 radical (unpaired) electrons. The van der Waals surface area contributed by atoms with E-state index >= 15 is 0 Å². The van der Waals surface area contributed by atoms with Gasteiger partial charge in [-0.25, -0.2) is 0 Å². The van der Waals surface area contributed by atoms with Gasteiger partial charge in [-0.05, 0) is 38.8 Å². The van der Waals surface area contributed by atoms with Crippen LogP contribution < -0.4 is 15.8 Å². The Hall–Kier alpha value is -1.66. The molecule has 0 unspecified atom stereocenters. The molecule has 1 heterocycles. The van der Waals surface area contributed by atoms with Crippen molar-refractivity contribution in [2.75, 3.05) is 11.1 Å². The number of pyridine rings is 1. The van der Waals surface area contributed by atoms with E-state index in [1.165, 1.54) is 12.1 Å². The van der Waals surface area contributed by atoms with Crippen LogP contribution in [-0.2, 0) is 0 Å². The van der Waals surface area contributed by atoms with Crippen molar-refractivity contribution in [1.29, 1.82) is 0 Å². The molecule has 0 saturated heterocycles. The average Bonchev–Trinajstić information content (AvgIpc) is 3.02. The first kappa shape index (κ1) is 13.8. The van der Waals surface area contributed by atoms with Crippen molar-refractivity contribution in [3.63, 3.8) is 0 Å². The summed E-state index contributed by atoms with van der Waals surface area (Å²) >= 11 is 0. The summed E-state index contributed by atoms with van der Waals surface area (Å²) in [6, 6.07) is 2.91. The van der Waals surface area contributed by atoms with E-state index in [0.717, 1.165) is 0 Å². The van der Waals surface area contributed by atoms with Gasteiger partial charge in [0.1, 0.15) is 11.4 Å². The van der Waals surface area contributed by atoms with Gasteiger partial charge in [-0.1, -0.05) is 0 Å². The lowest BCUT2D eigenvalue weighted by atomic mass is 10.2. The number of nitrogen functional groups attached to an aromatic ring is 1. The van der Waals surface area contributed by atoms with Crippen LogP contribution in [0.5, 0.6) is 5.88 Å². The maximum absolute atomic E-state index is 12.8. The third-order valence-electron chi connectivity index (χ3n) is 2.90. The first-order valence-electron chi connectivity index (χ1n) is 6.02. The number of hydrogen-bond acceptors (Lipinski definition) is 4. The average molecular weight is 275 g/mol. The number of hydrogen-bond donors (Lipinski definition) is 2. The maximum Gasteiger partial charge on any atom is 0.411 e. The van der Waals surface area contributed by atoms with E-state index in [1.807, 2.05) is 0 Å². The van der Waals surface area contributed by atoms with Gasteiger partial charge in [-0.2, -0.15) is 18.2 Å². The Labute approximate surface area is 109 Å². The van der Waals surface area contributed by atoms with Crippen LogP contribution in [0.25, 0.3) is 0 Å². The molecule has 106 valence electrons. The van der Waals surface area contributed by atoms with Crippen LogP contribution in [0.4, 0.5) is 24.7 Å². The number of nitrogens with one attached hydrogen (secondary N) is 1. The molecule has 0 aliphatic heterocycles. The predicted molar refractivity (Wildman–Crippen MR) is 66.1 cm³/mol. The Morgan fingerprint density at radius 1 is 1.37 bits per heavy atom. The van der Waals surface area contributed by atoms with Gasteiger partial charge < -0.3 is 15.8 Å². The number of aromatic nitrogens is 1. The van der Waals surface area contributed by atoms with Crippen molar-refractivity contribution in [1.82, 2.24) is 4.98 Å². The Bertz CT molecular complexity index is 470. The molecule has 1 aromatic rings. The summed E-state index contributed by atoms with van der Waals surface area (Å²) in [6.07, 6.45) is -4.32. The smallest absolute Gasteiger partial charge is 0.411 e. The Kier molecular flexibility index (Phi) is 3.24. The van der Waals surface area contributed by atoms with Gasteiger partial charge in [0, 0.05) is 0 Å². The van der Waals surface area contributed by atoms with Gasteiger partial charge in [0.25, 0.3) is 0 Å². The zero-order valence-electron chi connectivity index (χ0n) is 10.7. The van der Waals surface area contributed by atoms with E-state index in [-0.39, 0.29) is 30.6 Å². The monoisotopic (exact) mass is 275 g/mol. The second kappa shape index (κ2) is 4.47. The Balaban J connectivity index is 2.18. The normalized spacial score (nSPS) is 17.4. The quantitative estimate of drug-likeness (QED) is 0.887. The molecule has 1 aliphatic carbocycles. The summed E-state index contributed by atoms with van der Waals surface area (Å²) in [7, 11) is 0. The number of ether oxygens (including phenoxy) is 1. The minimum absolute atomic E-state index is 0.0585. The van der Waals surface area contributed by atoms with E-state index in [2.05, 4.69) is 10.3 Å². The first-order valence-corrected chi connectivity index (χ1v) is 6.02. The molecule has 0 atom stereocenters. The highest BCUT2D eigenvalue weighted by Gasteiger charge is 2.63. The van der Waals surface area contributed by atoms with E-state index in [9.17, 15) is 13.2 Å². The standard InChI is InChI=1S/C12H16F3N3O/c1-7(2)19-10-8(16)3-4-9(17-10)18-11(5-6-11)12(13,14)15/h3-4,7H,5-6,16H2,1-2H3,(H,17,18). The largest absolute Gasteiger partial charge is 0.473 e. The van der Waals surface area contributed by atoms with E-state index in [4.69, 9.17) is 10.5 Å². The van der Waals surface area contributed by atoms with Gasteiger partial charge in [0.2, 0.25) is 5.88 Å². The zero-order chi connectivity index (χ0) is 14.3. The van der Waals surface area contributed by atoms with Crippen LogP contribution in [0.2, 0.25) is 0 Å². The summed E-state index contributed by atoms with van der Waals surface area (Å²) in [5.74, 6) is 0.276. The number of rotatable bonds is 4. The van der Waals surface area contributed by atoms with Crippen molar-refractivity contribution in [2.24, 2.45) is 0 Å². The van der Waals surface area contributed by atoms with Gasteiger partial charge in [-0.3, -0.25) is 0 Å². The molecular weight excluding hydrogens is 259 g/mol. The minimum atomic E-state index is -4.28. The van der Waals surface area contributed by atoms with Crippen molar-refractivity contribution in [3.05, 3.63) is 12.1 Å². The fraction of sp³-hybridized carbons (Fsp3) is 0.583. The molecule has 0 spiro atoms. The van der Waals surface area contributed by atoms with Crippen LogP contribution in [0.3, 0.4) is 0 Å². The van der Waals surface area contributed by atoms with Gasteiger partial charge in [0.05, 0.1) is 11.8 Å². The van der Waals surface area contributed by atoms with Crippen molar-refractivity contribution < 1.29 is 17.9 Å². The first-order chi connectivity index (χ1) is 8.73. The highest BCUT2D eigenvalue weighted by Crippen LogP contribution is 2.51. The second-order valence-electron chi connectivity index (χ2n) is 4.96. The lowest BCUT2D eigenvalue weighted by Crippen LogP contribution is -2.38. The number of halogens is 3. The lowest BCUT2D eigenvalue weighted by Gasteiger charge is -2.22. The predicted octanol–water partition coefficient (Wildman–Crippen LogP) is 2.96. The van der Waals surface area contributed by atoms with Crippen molar-refractivity contribution >= 4 is 11.5 Å². The van der Waals surface area contributed by atoms with E-state index < -0.39 is 11.7 Å². The molecule has 2 rings (SSSR count). The Morgan fingerprint density at radius 3 is 2.47 bits per heavy atom. The minimum Gasteiger partial charge on any atom is -0.473 e. The van der Waals surface area contributed by atoms with Crippen LogP contribution >= 0.6 is 0 Å². The number of nitrogens with two attached hydrogens (primary N) is 1. The van der Waals surface area contributed by atoms with E-state index in [0.29, 0.717) is 5.69 Å². The topological polar surface area (TPSA) is 60.2 Å². The van der Waals surface area contributed by atoms with Crippen LogP contribution in [-0.4, -0.2) is 22.8 Å². The third kappa shape index (κ3) is 2.85. The molecule has 19 heavy (non-hydrogen) atoms. The molecule has 0 aromatic carbocycles. The van der Waals surface area contributed by atoms with Crippen molar-refractivity contribution in [2.45, 2.75) is 44.5 Å². The maximum atomic E-state index is 12.8. The van der Waals surface area contributed by atoms with Gasteiger partial charge in [-0.15, -0.1) is 0 Å². The summed E-state index contributed by atoms with van der Waals surface area (Å²) in [6.45, 7) is 3.58. The third-order valence-corrected chi connectivity index (χ3v) is 2.90. The molecule has 3 N–H and O–H groups in total. The molecule has 0 amide bonds. The number of anilines is 2. The van der Waals surface area contributed by atoms with Crippen molar-refractivity contribution in [3.8, 4) is 5.88 Å². The van der Waals surface area contributed by atoms with Crippen LogP contribution in [0.15, 0.2) is 12.1 Å². The molecule has 1 fully saturated rings. The number of nitrogens with zero attached hydrogens (tertiary/aromatic N) is 1. The highest BCUT2D eigenvalue weighted by atomic mass is 19.4. The molecule has 1 aromatic heterocycles. The zero-order valence-corrected chi connectivity index (χ0v) is 10.7. The van der Waals surface area contributed by atoms with E-state index in [1.54, 1.807) is 13.8 Å². The SMILES string of the molecule is CC(C)Oc1nc(NC2(C(F)(F)F)CC2)ccc1N. The Morgan fingerprint density at radius 2 is 2.00 bits per heavy atom. The summed E-state index contributed by atoms with van der Waals surface area (Å²) in [5.41, 5.74) is 4.13. The summed E-state index contributed by atoms with van der Waals surface area (Å²) in [5, 5.41) is 2.44. The molecule has 1 saturated carbocycles. The van der Waals surface area contributed by atoms with Crippen LogP contribution in [0.1, 0.15) is 26.7 Å². The summed E-state index contributed by atoms with van der Waals surface area (Å²) in [4.78, 5) is 3.99. The lowest BCUT2D eigenvalue weighted by molar-refractivity contribution is -0.151. The van der Waals surface area contributed by atoms with Crippen LogP contribution in [0, 0.1) is 0 Å². The fourth-order valence-electron chi connectivity index (χ4n) is 1.69. The van der Waals surface area contributed by atoms with Gasteiger partial charge >= 0.3 is 6.18 Å². The highest BCUT2D eigenvalue weighted by molar-refractivity contribution is 5.55. The molecule has 4 nitrogen and oxygen atoms in total. The fourth-order valence-corrected chi connectivity index (χ4v) is 1.69. The summed E-state index contributed by atoms with van der Waals surface area (Å²) < 4.78 is 43.8. The molecule has 0 bridgehead atoms. The molecular formula is C12H16F3N3O. The number of alkyl halides is 3. The second-order valence-corrected chi connectivity index (χ2v) is 4.96.